The standard InChI is InChI=1S/C19H24F2N4O2S/c1-3-24-6-8-25(9-7-24)16-11-14(4-5-22-16)12-23-18(26)17-15(27-19(20)21)10-13(2)28-17/h4-5,10-11,19H,3,6-9,12H2,1-2H3,(H,23,26). The fourth-order valence-electron chi connectivity index (χ4n) is 3.13. The summed E-state index contributed by atoms with van der Waals surface area (Å²) in [5.41, 5.74) is 0.904. The van der Waals surface area contributed by atoms with Gasteiger partial charge >= 0.3 is 6.61 Å². The average molecular weight is 410 g/mol. The minimum absolute atomic E-state index is 0.0841. The predicted molar refractivity (Wildman–Crippen MR) is 105 cm³/mol. The van der Waals surface area contributed by atoms with Crippen molar-refractivity contribution in [2.24, 2.45) is 0 Å². The highest BCUT2D eigenvalue weighted by Crippen LogP contribution is 2.30. The van der Waals surface area contributed by atoms with Gasteiger partial charge in [0.25, 0.3) is 5.91 Å². The Morgan fingerprint density at radius 2 is 2.07 bits per heavy atom. The molecule has 1 amide bonds. The van der Waals surface area contributed by atoms with Gasteiger partial charge in [-0.25, -0.2) is 4.98 Å². The largest absolute Gasteiger partial charge is 0.433 e. The lowest BCUT2D eigenvalue weighted by Gasteiger charge is -2.34. The van der Waals surface area contributed by atoms with E-state index in [0.717, 1.165) is 60.3 Å². The van der Waals surface area contributed by atoms with E-state index in [9.17, 15) is 13.6 Å². The summed E-state index contributed by atoms with van der Waals surface area (Å²) in [6, 6.07) is 5.24. The fraction of sp³-hybridized carbons (Fsp3) is 0.474. The second-order valence-corrected chi connectivity index (χ2v) is 7.81. The van der Waals surface area contributed by atoms with Crippen molar-refractivity contribution < 1.29 is 18.3 Å². The third kappa shape index (κ3) is 5.17. The number of anilines is 1. The smallest absolute Gasteiger partial charge is 0.387 e. The molecule has 1 aliphatic heterocycles. The number of halogens is 2. The molecule has 2 aromatic rings. The number of hydrogen-bond donors (Lipinski definition) is 1. The number of nitrogens with zero attached hydrogens (tertiary/aromatic N) is 3. The molecule has 0 unspecified atom stereocenters. The van der Waals surface area contributed by atoms with Crippen molar-refractivity contribution in [1.82, 2.24) is 15.2 Å². The van der Waals surface area contributed by atoms with Gasteiger partial charge in [-0.05, 0) is 37.2 Å². The van der Waals surface area contributed by atoms with Crippen LogP contribution in [0.1, 0.15) is 27.0 Å². The summed E-state index contributed by atoms with van der Waals surface area (Å²) in [6.45, 7) is 6.11. The Bertz CT molecular complexity index is 807. The molecular weight excluding hydrogens is 386 g/mol. The first-order chi connectivity index (χ1) is 13.5. The third-order valence-corrected chi connectivity index (χ3v) is 5.68. The highest BCUT2D eigenvalue weighted by atomic mass is 32.1. The summed E-state index contributed by atoms with van der Waals surface area (Å²) < 4.78 is 29.5. The van der Waals surface area contributed by atoms with Gasteiger partial charge in [0, 0.05) is 43.8 Å². The van der Waals surface area contributed by atoms with Crippen molar-refractivity contribution in [3.63, 3.8) is 0 Å². The molecule has 3 heterocycles. The molecule has 0 aliphatic carbocycles. The van der Waals surface area contributed by atoms with Gasteiger partial charge in [-0.15, -0.1) is 11.3 Å². The van der Waals surface area contributed by atoms with Crippen molar-refractivity contribution in [2.75, 3.05) is 37.6 Å². The van der Waals surface area contributed by atoms with E-state index < -0.39 is 12.5 Å². The van der Waals surface area contributed by atoms with E-state index in [1.54, 1.807) is 13.1 Å². The van der Waals surface area contributed by atoms with Crippen LogP contribution in [0, 0.1) is 6.92 Å². The Labute approximate surface area is 167 Å². The van der Waals surface area contributed by atoms with Crippen LogP contribution in [0.3, 0.4) is 0 Å². The number of piperazine rings is 1. The number of carbonyl (C=O) groups excluding carboxylic acids is 1. The van der Waals surface area contributed by atoms with E-state index in [0.29, 0.717) is 0 Å². The van der Waals surface area contributed by atoms with Crippen LogP contribution in [0.4, 0.5) is 14.6 Å². The van der Waals surface area contributed by atoms with E-state index in [4.69, 9.17) is 0 Å². The minimum Gasteiger partial charge on any atom is -0.433 e. The van der Waals surface area contributed by atoms with Gasteiger partial charge in [-0.3, -0.25) is 4.79 Å². The van der Waals surface area contributed by atoms with Crippen LogP contribution in [-0.4, -0.2) is 55.1 Å². The van der Waals surface area contributed by atoms with Gasteiger partial charge in [0.05, 0.1) is 0 Å². The first-order valence-corrected chi connectivity index (χ1v) is 10.0. The van der Waals surface area contributed by atoms with Gasteiger partial charge in [-0.1, -0.05) is 6.92 Å². The summed E-state index contributed by atoms with van der Waals surface area (Å²) >= 11 is 1.13. The Morgan fingerprint density at radius 1 is 1.32 bits per heavy atom. The number of nitrogens with one attached hydrogen (secondary N) is 1. The quantitative estimate of drug-likeness (QED) is 0.760. The number of aromatic nitrogens is 1. The molecule has 0 bridgehead atoms. The monoisotopic (exact) mass is 410 g/mol. The molecular formula is C19H24F2N4O2S. The summed E-state index contributed by atoms with van der Waals surface area (Å²) in [6.07, 6.45) is 1.73. The van der Waals surface area contributed by atoms with Gasteiger partial charge in [0.2, 0.25) is 0 Å². The minimum atomic E-state index is -2.96. The Hall–Kier alpha value is -2.26. The van der Waals surface area contributed by atoms with Crippen molar-refractivity contribution in [2.45, 2.75) is 27.0 Å². The second-order valence-electron chi connectivity index (χ2n) is 6.56. The number of amides is 1. The van der Waals surface area contributed by atoms with Crippen molar-refractivity contribution >= 4 is 23.1 Å². The SMILES string of the molecule is CCN1CCN(c2cc(CNC(=O)c3sc(C)cc3OC(F)F)ccn2)CC1. The molecule has 0 aromatic carbocycles. The highest BCUT2D eigenvalue weighted by molar-refractivity contribution is 7.14. The first kappa shape index (κ1) is 20.5. The van der Waals surface area contributed by atoms with Crippen LogP contribution in [0.15, 0.2) is 24.4 Å². The van der Waals surface area contributed by atoms with Gasteiger partial charge in [-0.2, -0.15) is 8.78 Å². The molecule has 1 aliphatic rings. The van der Waals surface area contributed by atoms with E-state index in [-0.39, 0.29) is 17.2 Å². The summed E-state index contributed by atoms with van der Waals surface area (Å²) in [4.78, 5) is 22.4. The maximum atomic E-state index is 12.5. The van der Waals surface area contributed by atoms with Crippen molar-refractivity contribution in [3.05, 3.63) is 39.7 Å². The first-order valence-electron chi connectivity index (χ1n) is 9.22. The lowest BCUT2D eigenvalue weighted by molar-refractivity contribution is -0.0498. The zero-order chi connectivity index (χ0) is 20.1. The summed E-state index contributed by atoms with van der Waals surface area (Å²) in [5.74, 6) is 0.374. The summed E-state index contributed by atoms with van der Waals surface area (Å²) in [5, 5.41) is 2.78. The van der Waals surface area contributed by atoms with E-state index in [2.05, 4.69) is 31.8 Å². The van der Waals surface area contributed by atoms with Gasteiger partial charge < -0.3 is 19.9 Å². The molecule has 1 N–H and O–H groups in total. The molecule has 1 saturated heterocycles. The van der Waals surface area contributed by atoms with Gasteiger partial charge in [0.15, 0.2) is 0 Å². The zero-order valence-electron chi connectivity index (χ0n) is 16.0. The average Bonchev–Trinajstić information content (AvgIpc) is 3.06. The number of hydrogen-bond acceptors (Lipinski definition) is 6. The molecule has 6 nitrogen and oxygen atoms in total. The molecule has 28 heavy (non-hydrogen) atoms. The predicted octanol–water partition coefficient (Wildman–Crippen LogP) is 3.12. The van der Waals surface area contributed by atoms with E-state index in [1.165, 1.54) is 6.07 Å². The zero-order valence-corrected chi connectivity index (χ0v) is 16.8. The molecule has 0 saturated carbocycles. The lowest BCUT2D eigenvalue weighted by Crippen LogP contribution is -2.46. The molecule has 152 valence electrons. The maximum absolute atomic E-state index is 12.5. The van der Waals surface area contributed by atoms with Crippen LogP contribution in [0.25, 0.3) is 0 Å². The van der Waals surface area contributed by atoms with Crippen molar-refractivity contribution in [3.8, 4) is 5.75 Å². The van der Waals surface area contributed by atoms with Gasteiger partial charge in [0.1, 0.15) is 16.4 Å². The number of aryl methyl sites for hydroxylation is 1. The van der Waals surface area contributed by atoms with E-state index >= 15 is 0 Å². The van der Waals surface area contributed by atoms with Crippen LogP contribution >= 0.6 is 11.3 Å². The van der Waals surface area contributed by atoms with Crippen LogP contribution in [0.5, 0.6) is 5.75 Å². The number of alkyl halides is 2. The molecule has 0 spiro atoms. The molecule has 3 rings (SSSR count). The van der Waals surface area contributed by atoms with Crippen LogP contribution in [0.2, 0.25) is 0 Å². The Kier molecular flexibility index (Phi) is 6.79. The fourth-order valence-corrected chi connectivity index (χ4v) is 3.99. The lowest BCUT2D eigenvalue weighted by atomic mass is 10.2. The maximum Gasteiger partial charge on any atom is 0.387 e. The number of likely N-dealkylation sites (N-methyl/N-ethyl adjacent to an activating group) is 1. The summed E-state index contributed by atoms with van der Waals surface area (Å²) in [7, 11) is 0. The van der Waals surface area contributed by atoms with E-state index in [1.807, 2.05) is 12.1 Å². The highest BCUT2D eigenvalue weighted by Gasteiger charge is 2.20. The number of pyridine rings is 1. The molecule has 0 atom stereocenters. The number of rotatable bonds is 7. The van der Waals surface area contributed by atoms with Crippen molar-refractivity contribution in [1.29, 1.82) is 0 Å². The number of carbonyl (C=O) groups is 1. The molecule has 0 radical (unpaired) electrons. The topological polar surface area (TPSA) is 57.7 Å². The number of ether oxygens (including phenoxy) is 1. The molecule has 2 aromatic heterocycles. The van der Waals surface area contributed by atoms with Crippen LogP contribution in [-0.2, 0) is 6.54 Å². The third-order valence-electron chi connectivity index (χ3n) is 4.65. The number of thiophene rings is 1. The van der Waals surface area contributed by atoms with Crippen LogP contribution < -0.4 is 15.0 Å². The molecule has 9 heteroatoms. The Balaban J connectivity index is 1.61. The molecule has 1 fully saturated rings. The second kappa shape index (κ2) is 9.29. The Morgan fingerprint density at radius 3 is 2.75 bits per heavy atom. The normalized spacial score (nSPS) is 15.1.